The van der Waals surface area contributed by atoms with Gasteiger partial charge in [-0.05, 0) is 50.1 Å². The zero-order chi connectivity index (χ0) is 15.8. The van der Waals surface area contributed by atoms with E-state index in [1.165, 1.54) is 11.1 Å². The maximum atomic E-state index is 9.93. The monoisotopic (exact) mass is 303 g/mol. The molecule has 2 rings (SSSR count). The van der Waals surface area contributed by atoms with E-state index >= 15 is 0 Å². The molecule has 0 saturated carbocycles. The second kappa shape index (κ2) is 8.56. The lowest BCUT2D eigenvalue weighted by Crippen LogP contribution is -2.32. The second-order valence-corrected chi connectivity index (χ2v) is 5.65. The van der Waals surface area contributed by atoms with E-state index in [-0.39, 0.29) is 0 Å². The van der Waals surface area contributed by atoms with Crippen LogP contribution >= 0.6 is 0 Å². The molecule has 1 atom stereocenters. The number of hydrogen-bond acceptors (Lipinski definition) is 4. The Labute approximate surface area is 132 Å². The molecule has 0 radical (unpaired) electrons. The minimum atomic E-state index is -0.505. The quantitative estimate of drug-likeness (QED) is 0.695. The molecule has 2 aromatic rings. The molecule has 0 amide bonds. The predicted octanol–water partition coefficient (Wildman–Crippen LogP) is 1.92. The summed E-state index contributed by atoms with van der Waals surface area (Å²) < 4.78 is 7.69. The fraction of sp³-hybridized carbons (Fsp3) is 0.471. The number of benzene rings is 1. The molecule has 120 valence electrons. The standard InChI is InChI=1S/C17H25N3O2/c1-14-8-15(2)10-17(9-14)22-12-16(21)11-18-4-3-6-20-7-5-19-13-20/h5,7-10,13,16,18,21H,3-4,6,11-12H2,1-2H3/t16-/m1/s1. The number of aryl methyl sites for hydroxylation is 3. The van der Waals surface area contributed by atoms with E-state index in [0.717, 1.165) is 25.3 Å². The van der Waals surface area contributed by atoms with Gasteiger partial charge in [0.25, 0.3) is 0 Å². The van der Waals surface area contributed by atoms with Crippen LogP contribution in [0.3, 0.4) is 0 Å². The van der Waals surface area contributed by atoms with Gasteiger partial charge in [-0.3, -0.25) is 0 Å². The van der Waals surface area contributed by atoms with Crippen molar-refractivity contribution in [1.82, 2.24) is 14.9 Å². The number of nitrogens with one attached hydrogen (secondary N) is 1. The van der Waals surface area contributed by atoms with Crippen LogP contribution in [-0.2, 0) is 6.54 Å². The zero-order valence-electron chi connectivity index (χ0n) is 13.3. The topological polar surface area (TPSA) is 59.3 Å². The SMILES string of the molecule is Cc1cc(C)cc(OC[C@H](O)CNCCCn2ccnc2)c1. The molecule has 5 nitrogen and oxygen atoms in total. The van der Waals surface area contributed by atoms with Crippen LogP contribution in [0.2, 0.25) is 0 Å². The molecule has 1 aromatic carbocycles. The Balaban J connectivity index is 1.58. The molecule has 5 heteroatoms. The fourth-order valence-corrected chi connectivity index (χ4v) is 2.34. The Hall–Kier alpha value is -1.85. The number of nitrogens with zero attached hydrogens (tertiary/aromatic N) is 2. The molecule has 0 aliphatic carbocycles. The van der Waals surface area contributed by atoms with E-state index in [4.69, 9.17) is 4.74 Å². The number of hydrogen-bond donors (Lipinski definition) is 2. The summed E-state index contributed by atoms with van der Waals surface area (Å²) in [4.78, 5) is 4.00. The number of aromatic nitrogens is 2. The number of ether oxygens (including phenoxy) is 1. The molecule has 22 heavy (non-hydrogen) atoms. The predicted molar refractivity (Wildman–Crippen MR) is 87.1 cm³/mol. The van der Waals surface area contributed by atoms with Gasteiger partial charge in [0, 0.05) is 25.5 Å². The van der Waals surface area contributed by atoms with Gasteiger partial charge >= 0.3 is 0 Å². The summed E-state index contributed by atoms with van der Waals surface area (Å²) in [5.74, 6) is 0.816. The van der Waals surface area contributed by atoms with Crippen molar-refractivity contribution in [2.45, 2.75) is 32.9 Å². The summed E-state index contributed by atoms with van der Waals surface area (Å²) in [6.45, 7) is 6.71. The largest absolute Gasteiger partial charge is 0.491 e. The van der Waals surface area contributed by atoms with E-state index < -0.39 is 6.10 Å². The second-order valence-electron chi connectivity index (χ2n) is 5.65. The molecule has 0 unspecified atom stereocenters. The third-order valence-electron chi connectivity index (χ3n) is 3.35. The van der Waals surface area contributed by atoms with Crippen molar-refractivity contribution >= 4 is 0 Å². The van der Waals surface area contributed by atoms with Crippen molar-refractivity contribution in [3.05, 3.63) is 48.0 Å². The van der Waals surface area contributed by atoms with Crippen molar-refractivity contribution in [3.63, 3.8) is 0 Å². The number of aliphatic hydroxyl groups is 1. The normalized spacial score (nSPS) is 12.3. The number of aliphatic hydroxyl groups excluding tert-OH is 1. The van der Waals surface area contributed by atoms with Gasteiger partial charge in [0.2, 0.25) is 0 Å². The number of imidazole rings is 1. The third kappa shape index (κ3) is 5.87. The van der Waals surface area contributed by atoms with Gasteiger partial charge in [0.1, 0.15) is 18.5 Å². The lowest BCUT2D eigenvalue weighted by atomic mass is 10.1. The molecule has 0 saturated heterocycles. The highest BCUT2D eigenvalue weighted by atomic mass is 16.5. The van der Waals surface area contributed by atoms with E-state index in [0.29, 0.717) is 13.2 Å². The van der Waals surface area contributed by atoms with Gasteiger partial charge in [-0.15, -0.1) is 0 Å². The van der Waals surface area contributed by atoms with Gasteiger partial charge in [-0.25, -0.2) is 4.98 Å². The van der Waals surface area contributed by atoms with Crippen LogP contribution in [-0.4, -0.2) is 40.5 Å². The molecular formula is C17H25N3O2. The van der Waals surface area contributed by atoms with E-state index in [1.54, 1.807) is 6.20 Å². The first-order valence-electron chi connectivity index (χ1n) is 7.69. The first kappa shape index (κ1) is 16.5. The summed E-state index contributed by atoms with van der Waals surface area (Å²) in [6.07, 6.45) is 6.04. The molecule has 1 aromatic heterocycles. The first-order valence-corrected chi connectivity index (χ1v) is 7.69. The lowest BCUT2D eigenvalue weighted by Gasteiger charge is -2.14. The first-order chi connectivity index (χ1) is 10.6. The van der Waals surface area contributed by atoms with Crippen molar-refractivity contribution in [3.8, 4) is 5.75 Å². The summed E-state index contributed by atoms with van der Waals surface area (Å²) in [6, 6.07) is 6.07. The Morgan fingerprint density at radius 1 is 1.27 bits per heavy atom. The molecule has 0 fully saturated rings. The summed E-state index contributed by atoms with van der Waals surface area (Å²) in [5.41, 5.74) is 2.34. The maximum absolute atomic E-state index is 9.93. The molecule has 0 bridgehead atoms. The van der Waals surface area contributed by atoms with Crippen LogP contribution in [0.25, 0.3) is 0 Å². The Kier molecular flexibility index (Phi) is 6.43. The van der Waals surface area contributed by atoms with Crippen LogP contribution in [0.4, 0.5) is 0 Å². The van der Waals surface area contributed by atoms with Crippen LogP contribution in [0, 0.1) is 13.8 Å². The van der Waals surface area contributed by atoms with Gasteiger partial charge in [-0.2, -0.15) is 0 Å². The zero-order valence-corrected chi connectivity index (χ0v) is 13.3. The molecule has 1 heterocycles. The van der Waals surface area contributed by atoms with E-state index in [2.05, 4.69) is 16.4 Å². The third-order valence-corrected chi connectivity index (χ3v) is 3.35. The Morgan fingerprint density at radius 2 is 2.05 bits per heavy atom. The minimum absolute atomic E-state index is 0.303. The van der Waals surface area contributed by atoms with Crippen LogP contribution in [0.15, 0.2) is 36.9 Å². The van der Waals surface area contributed by atoms with Gasteiger partial charge in [-0.1, -0.05) is 6.07 Å². The van der Waals surface area contributed by atoms with E-state index in [9.17, 15) is 5.11 Å². The van der Waals surface area contributed by atoms with Gasteiger partial charge < -0.3 is 19.7 Å². The van der Waals surface area contributed by atoms with Crippen LogP contribution in [0.1, 0.15) is 17.5 Å². The lowest BCUT2D eigenvalue weighted by molar-refractivity contribution is 0.106. The maximum Gasteiger partial charge on any atom is 0.119 e. The highest BCUT2D eigenvalue weighted by Crippen LogP contribution is 2.16. The van der Waals surface area contributed by atoms with Gasteiger partial charge in [0.05, 0.1) is 6.33 Å². The molecule has 2 N–H and O–H groups in total. The highest BCUT2D eigenvalue weighted by Gasteiger charge is 2.05. The summed E-state index contributed by atoms with van der Waals surface area (Å²) in [7, 11) is 0. The van der Waals surface area contributed by atoms with Crippen molar-refractivity contribution in [2.75, 3.05) is 19.7 Å². The Morgan fingerprint density at radius 3 is 2.73 bits per heavy atom. The molecule has 0 aliphatic heterocycles. The minimum Gasteiger partial charge on any atom is -0.491 e. The van der Waals surface area contributed by atoms with Crippen molar-refractivity contribution in [2.24, 2.45) is 0 Å². The fourth-order valence-electron chi connectivity index (χ4n) is 2.34. The highest BCUT2D eigenvalue weighted by molar-refractivity contribution is 5.32. The summed E-state index contributed by atoms with van der Waals surface area (Å²) >= 11 is 0. The number of rotatable bonds is 9. The smallest absolute Gasteiger partial charge is 0.119 e. The average Bonchev–Trinajstić information content (AvgIpc) is 2.97. The van der Waals surface area contributed by atoms with E-state index in [1.807, 2.05) is 43.1 Å². The van der Waals surface area contributed by atoms with Gasteiger partial charge in [0.15, 0.2) is 0 Å². The van der Waals surface area contributed by atoms with Crippen molar-refractivity contribution in [1.29, 1.82) is 0 Å². The molecule has 0 aliphatic rings. The summed E-state index contributed by atoms with van der Waals surface area (Å²) in [5, 5.41) is 13.2. The molecule has 0 spiro atoms. The van der Waals surface area contributed by atoms with Crippen LogP contribution < -0.4 is 10.1 Å². The Bertz CT molecular complexity index is 535. The molecular weight excluding hydrogens is 278 g/mol. The van der Waals surface area contributed by atoms with Crippen molar-refractivity contribution < 1.29 is 9.84 Å². The average molecular weight is 303 g/mol. The van der Waals surface area contributed by atoms with Crippen LogP contribution in [0.5, 0.6) is 5.75 Å².